The number of aromatic nitrogens is 2. The van der Waals surface area contributed by atoms with E-state index >= 15 is 0 Å². The summed E-state index contributed by atoms with van der Waals surface area (Å²) in [7, 11) is 0. The van der Waals surface area contributed by atoms with Crippen LogP contribution < -0.4 is 0 Å². The first-order valence-corrected chi connectivity index (χ1v) is 5.38. The lowest BCUT2D eigenvalue weighted by atomic mass is 10.2. The van der Waals surface area contributed by atoms with Gasteiger partial charge in [-0.1, -0.05) is 18.1 Å². The third-order valence-electron chi connectivity index (χ3n) is 2.15. The first-order chi connectivity index (χ1) is 7.70. The highest BCUT2D eigenvalue weighted by Gasteiger charge is 2.14. The van der Waals surface area contributed by atoms with Gasteiger partial charge in [-0.3, -0.25) is 0 Å². The molecule has 1 atom stereocenters. The summed E-state index contributed by atoms with van der Waals surface area (Å²) in [6.07, 6.45) is 0.712. The number of hydrogen-bond acceptors (Lipinski definition) is 3. The van der Waals surface area contributed by atoms with Crippen LogP contribution in [0.1, 0.15) is 24.5 Å². The molecule has 0 fully saturated rings. The third-order valence-corrected chi connectivity index (χ3v) is 2.66. The highest BCUT2D eigenvalue weighted by atomic mass is 35.5. The van der Waals surface area contributed by atoms with Crippen molar-refractivity contribution < 1.29 is 8.91 Å². The van der Waals surface area contributed by atoms with Crippen LogP contribution in [0, 0.1) is 5.82 Å². The molecule has 0 aliphatic carbocycles. The molecule has 0 bridgehead atoms. The molecule has 5 heteroatoms. The van der Waals surface area contributed by atoms with E-state index in [0.29, 0.717) is 17.8 Å². The van der Waals surface area contributed by atoms with Crippen LogP contribution in [0.25, 0.3) is 11.5 Å². The van der Waals surface area contributed by atoms with Crippen LogP contribution >= 0.6 is 11.6 Å². The highest BCUT2D eigenvalue weighted by molar-refractivity contribution is 6.20. The second-order valence-corrected chi connectivity index (χ2v) is 3.87. The monoisotopic (exact) mass is 240 g/mol. The van der Waals surface area contributed by atoms with Gasteiger partial charge in [-0.2, -0.15) is 4.98 Å². The summed E-state index contributed by atoms with van der Waals surface area (Å²) in [5.41, 5.74) is 0.554. The molecule has 1 aromatic carbocycles. The van der Waals surface area contributed by atoms with E-state index in [-0.39, 0.29) is 17.1 Å². The lowest BCUT2D eigenvalue weighted by Crippen LogP contribution is -1.90. The van der Waals surface area contributed by atoms with Crippen molar-refractivity contribution >= 4 is 11.6 Å². The Kier molecular flexibility index (Phi) is 3.19. The van der Waals surface area contributed by atoms with E-state index in [1.165, 1.54) is 12.1 Å². The standard InChI is InChI=1S/C11H10ClFN2O/c1-2-9(12)10-14-11(16-15-10)7-4-3-5-8(13)6-7/h3-6,9H,2H2,1H3. The van der Waals surface area contributed by atoms with Gasteiger partial charge in [0.25, 0.3) is 5.89 Å². The largest absolute Gasteiger partial charge is 0.334 e. The first kappa shape index (κ1) is 11.1. The first-order valence-electron chi connectivity index (χ1n) is 4.94. The molecule has 16 heavy (non-hydrogen) atoms. The molecule has 0 saturated heterocycles. The van der Waals surface area contributed by atoms with Gasteiger partial charge in [-0.15, -0.1) is 11.6 Å². The SMILES string of the molecule is CCC(Cl)c1noc(-c2cccc(F)c2)n1. The van der Waals surface area contributed by atoms with Crippen molar-refractivity contribution in [2.24, 2.45) is 0 Å². The van der Waals surface area contributed by atoms with Gasteiger partial charge >= 0.3 is 0 Å². The number of nitrogens with zero attached hydrogens (tertiary/aromatic N) is 2. The average Bonchev–Trinajstić information content (AvgIpc) is 2.77. The van der Waals surface area contributed by atoms with Crippen molar-refractivity contribution in [2.45, 2.75) is 18.7 Å². The Morgan fingerprint density at radius 1 is 1.50 bits per heavy atom. The van der Waals surface area contributed by atoms with Crippen LogP contribution in [0.15, 0.2) is 28.8 Å². The molecule has 1 heterocycles. The lowest BCUT2D eigenvalue weighted by molar-refractivity contribution is 0.421. The van der Waals surface area contributed by atoms with E-state index in [1.807, 2.05) is 6.92 Å². The van der Waals surface area contributed by atoms with Crippen molar-refractivity contribution in [2.75, 3.05) is 0 Å². The van der Waals surface area contributed by atoms with Crippen LogP contribution in [-0.2, 0) is 0 Å². The number of benzene rings is 1. The molecular formula is C11H10ClFN2O. The Morgan fingerprint density at radius 2 is 2.31 bits per heavy atom. The number of alkyl halides is 1. The summed E-state index contributed by atoms with van der Waals surface area (Å²) in [4.78, 5) is 4.12. The predicted molar refractivity (Wildman–Crippen MR) is 58.6 cm³/mol. The Morgan fingerprint density at radius 3 is 3.00 bits per heavy atom. The Bertz CT molecular complexity index is 486. The maximum Gasteiger partial charge on any atom is 0.258 e. The Balaban J connectivity index is 2.31. The Labute approximate surface area is 97.2 Å². The van der Waals surface area contributed by atoms with Gasteiger partial charge in [-0.05, 0) is 24.6 Å². The van der Waals surface area contributed by atoms with E-state index in [1.54, 1.807) is 12.1 Å². The van der Waals surface area contributed by atoms with E-state index in [0.717, 1.165) is 0 Å². The van der Waals surface area contributed by atoms with Crippen LogP contribution in [0.2, 0.25) is 0 Å². The molecule has 0 amide bonds. The summed E-state index contributed by atoms with van der Waals surface area (Å²) in [5, 5.41) is 3.48. The van der Waals surface area contributed by atoms with Crippen LogP contribution in [0.3, 0.4) is 0 Å². The van der Waals surface area contributed by atoms with E-state index in [2.05, 4.69) is 10.1 Å². The molecule has 0 radical (unpaired) electrons. The molecule has 1 aromatic heterocycles. The van der Waals surface area contributed by atoms with Gasteiger partial charge in [0.05, 0.1) is 5.38 Å². The van der Waals surface area contributed by atoms with Crippen molar-refractivity contribution in [1.29, 1.82) is 0 Å². The second kappa shape index (κ2) is 4.61. The smallest absolute Gasteiger partial charge is 0.258 e. The zero-order valence-corrected chi connectivity index (χ0v) is 9.41. The predicted octanol–water partition coefficient (Wildman–Crippen LogP) is 3.57. The van der Waals surface area contributed by atoms with Crippen molar-refractivity contribution in [3.8, 4) is 11.5 Å². The molecule has 2 aromatic rings. The minimum atomic E-state index is -0.338. The molecule has 0 saturated carbocycles. The van der Waals surface area contributed by atoms with Gasteiger partial charge in [0.15, 0.2) is 5.82 Å². The quantitative estimate of drug-likeness (QED) is 0.770. The number of hydrogen-bond donors (Lipinski definition) is 0. The minimum absolute atomic E-state index is 0.272. The maximum absolute atomic E-state index is 13.0. The van der Waals surface area contributed by atoms with Gasteiger partial charge < -0.3 is 4.52 Å². The molecule has 84 valence electrons. The van der Waals surface area contributed by atoms with Crippen molar-refractivity contribution in [1.82, 2.24) is 10.1 Å². The molecule has 0 spiro atoms. The zero-order chi connectivity index (χ0) is 11.5. The molecule has 2 rings (SSSR count). The highest BCUT2D eigenvalue weighted by Crippen LogP contribution is 2.24. The normalized spacial score (nSPS) is 12.7. The molecule has 0 aliphatic rings. The van der Waals surface area contributed by atoms with Crippen LogP contribution in [-0.4, -0.2) is 10.1 Å². The topological polar surface area (TPSA) is 38.9 Å². The number of halogens is 2. The van der Waals surface area contributed by atoms with Crippen LogP contribution in [0.5, 0.6) is 0 Å². The minimum Gasteiger partial charge on any atom is -0.334 e. The average molecular weight is 241 g/mol. The lowest BCUT2D eigenvalue weighted by Gasteiger charge is -1.96. The molecule has 0 aliphatic heterocycles. The van der Waals surface area contributed by atoms with Crippen LogP contribution in [0.4, 0.5) is 4.39 Å². The van der Waals surface area contributed by atoms with E-state index < -0.39 is 0 Å². The van der Waals surface area contributed by atoms with Crippen molar-refractivity contribution in [3.05, 3.63) is 35.9 Å². The van der Waals surface area contributed by atoms with E-state index in [4.69, 9.17) is 16.1 Å². The number of rotatable bonds is 3. The van der Waals surface area contributed by atoms with E-state index in [9.17, 15) is 4.39 Å². The van der Waals surface area contributed by atoms with Gasteiger partial charge in [-0.25, -0.2) is 4.39 Å². The summed E-state index contributed by atoms with van der Waals surface area (Å²) in [6.45, 7) is 1.93. The zero-order valence-electron chi connectivity index (χ0n) is 8.65. The molecule has 0 N–H and O–H groups in total. The third kappa shape index (κ3) is 2.22. The fraction of sp³-hybridized carbons (Fsp3) is 0.273. The molecule has 1 unspecified atom stereocenters. The summed E-state index contributed by atoms with van der Waals surface area (Å²) >= 11 is 5.96. The van der Waals surface area contributed by atoms with Gasteiger partial charge in [0, 0.05) is 5.56 Å². The Hall–Kier alpha value is -1.42. The second-order valence-electron chi connectivity index (χ2n) is 3.34. The maximum atomic E-state index is 13.0. The summed E-state index contributed by atoms with van der Waals surface area (Å²) in [5.74, 6) is 0.382. The fourth-order valence-corrected chi connectivity index (χ4v) is 1.37. The van der Waals surface area contributed by atoms with Crippen molar-refractivity contribution in [3.63, 3.8) is 0 Å². The fourth-order valence-electron chi connectivity index (χ4n) is 1.28. The summed E-state index contributed by atoms with van der Waals surface area (Å²) < 4.78 is 18.0. The molecule has 3 nitrogen and oxygen atoms in total. The van der Waals surface area contributed by atoms with Gasteiger partial charge in [0.1, 0.15) is 5.82 Å². The molecular weight excluding hydrogens is 231 g/mol. The van der Waals surface area contributed by atoms with Gasteiger partial charge in [0.2, 0.25) is 0 Å². The summed E-state index contributed by atoms with van der Waals surface area (Å²) in [6, 6.07) is 5.99.